The molecule has 0 bridgehead atoms. The third kappa shape index (κ3) is 4.71. The van der Waals surface area contributed by atoms with Crippen LogP contribution in [0.15, 0.2) is 24.3 Å². The Hall–Kier alpha value is -2.30. The van der Waals surface area contributed by atoms with Crippen LogP contribution in [0.3, 0.4) is 0 Å². The third-order valence-electron chi connectivity index (χ3n) is 4.29. The van der Waals surface area contributed by atoms with Crippen molar-refractivity contribution in [3.8, 4) is 5.75 Å². The number of rotatable bonds is 6. The SMILES string of the molecule is COC(=O)[C@@H](NC(=O)[C@H](N)c1ccc(O)cc1)[C@H]1N[C@@H](C(=O)O)C(C)(C)S1. The van der Waals surface area contributed by atoms with E-state index in [2.05, 4.69) is 10.6 Å². The number of phenols is 1. The van der Waals surface area contributed by atoms with Crippen molar-refractivity contribution in [2.75, 3.05) is 7.11 Å². The molecule has 0 radical (unpaired) electrons. The number of esters is 1. The zero-order valence-corrected chi connectivity index (χ0v) is 15.9. The number of amides is 1. The fraction of sp³-hybridized carbons (Fsp3) is 0.471. The predicted octanol–water partition coefficient (Wildman–Crippen LogP) is -0.0559. The van der Waals surface area contributed by atoms with Gasteiger partial charge < -0.3 is 26.0 Å². The van der Waals surface area contributed by atoms with Crippen LogP contribution in [0.4, 0.5) is 0 Å². The first-order valence-electron chi connectivity index (χ1n) is 8.16. The fourth-order valence-corrected chi connectivity index (χ4v) is 4.27. The number of nitrogens with two attached hydrogens (primary N) is 1. The lowest BCUT2D eigenvalue weighted by Crippen LogP contribution is -2.55. The van der Waals surface area contributed by atoms with Gasteiger partial charge in [0.2, 0.25) is 5.91 Å². The highest BCUT2D eigenvalue weighted by molar-refractivity contribution is 8.01. The molecular weight excluding hydrogens is 374 g/mol. The van der Waals surface area contributed by atoms with Crippen LogP contribution in [-0.4, -0.2) is 57.4 Å². The third-order valence-corrected chi connectivity index (χ3v) is 5.80. The summed E-state index contributed by atoms with van der Waals surface area (Å²) in [7, 11) is 1.18. The molecule has 1 heterocycles. The van der Waals surface area contributed by atoms with E-state index in [1.165, 1.54) is 43.1 Å². The van der Waals surface area contributed by atoms with Crippen LogP contribution < -0.4 is 16.4 Å². The van der Waals surface area contributed by atoms with E-state index in [9.17, 15) is 24.6 Å². The molecule has 6 N–H and O–H groups in total. The topological polar surface area (TPSA) is 151 Å². The monoisotopic (exact) mass is 397 g/mol. The number of phenolic OH excluding ortho intramolecular Hbond substituents is 1. The normalized spacial score (nSPS) is 23.3. The molecule has 4 atom stereocenters. The van der Waals surface area contributed by atoms with Gasteiger partial charge in [0.25, 0.3) is 0 Å². The van der Waals surface area contributed by atoms with Crippen molar-refractivity contribution in [2.24, 2.45) is 5.73 Å². The van der Waals surface area contributed by atoms with E-state index in [0.29, 0.717) is 5.56 Å². The highest BCUT2D eigenvalue weighted by atomic mass is 32.2. The van der Waals surface area contributed by atoms with Gasteiger partial charge in [-0.1, -0.05) is 12.1 Å². The van der Waals surface area contributed by atoms with Gasteiger partial charge in [0.15, 0.2) is 6.04 Å². The van der Waals surface area contributed by atoms with Crippen molar-refractivity contribution in [3.05, 3.63) is 29.8 Å². The second-order valence-electron chi connectivity index (χ2n) is 6.66. The van der Waals surface area contributed by atoms with Crippen LogP contribution >= 0.6 is 11.8 Å². The number of nitrogens with one attached hydrogen (secondary N) is 2. The Labute approximate surface area is 160 Å². The lowest BCUT2D eigenvalue weighted by atomic mass is 10.0. The minimum Gasteiger partial charge on any atom is -0.508 e. The summed E-state index contributed by atoms with van der Waals surface area (Å²) in [6.07, 6.45) is 0. The van der Waals surface area contributed by atoms with Crippen LogP contribution in [0.2, 0.25) is 0 Å². The van der Waals surface area contributed by atoms with Crippen molar-refractivity contribution < 1.29 is 29.3 Å². The number of hydrogen-bond donors (Lipinski definition) is 5. The molecule has 0 spiro atoms. The van der Waals surface area contributed by atoms with Crippen molar-refractivity contribution >= 4 is 29.6 Å². The molecule has 1 fully saturated rings. The molecule has 0 aliphatic carbocycles. The van der Waals surface area contributed by atoms with Crippen molar-refractivity contribution in [1.29, 1.82) is 0 Å². The number of carbonyl (C=O) groups excluding carboxylic acids is 2. The number of carboxylic acids is 1. The van der Waals surface area contributed by atoms with Crippen LogP contribution in [0.25, 0.3) is 0 Å². The van der Waals surface area contributed by atoms with Gasteiger partial charge in [-0.15, -0.1) is 11.8 Å². The lowest BCUT2D eigenvalue weighted by Gasteiger charge is -2.24. The molecule has 2 rings (SSSR count). The Morgan fingerprint density at radius 1 is 1.30 bits per heavy atom. The Bertz CT molecular complexity index is 724. The fourth-order valence-electron chi connectivity index (χ4n) is 2.79. The van der Waals surface area contributed by atoms with E-state index < -0.39 is 46.1 Å². The highest BCUT2D eigenvalue weighted by Crippen LogP contribution is 2.39. The molecule has 1 aliphatic heterocycles. The average molecular weight is 397 g/mol. The van der Waals surface area contributed by atoms with Gasteiger partial charge in [-0.05, 0) is 31.5 Å². The van der Waals surface area contributed by atoms with E-state index in [1.54, 1.807) is 13.8 Å². The molecule has 0 aromatic heterocycles. The molecule has 27 heavy (non-hydrogen) atoms. The number of carbonyl (C=O) groups is 3. The van der Waals surface area contributed by atoms with Gasteiger partial charge >= 0.3 is 11.9 Å². The van der Waals surface area contributed by atoms with E-state index in [-0.39, 0.29) is 5.75 Å². The molecule has 0 unspecified atom stereocenters. The van der Waals surface area contributed by atoms with E-state index in [0.717, 1.165) is 0 Å². The number of aromatic hydroxyl groups is 1. The summed E-state index contributed by atoms with van der Waals surface area (Å²) >= 11 is 1.23. The van der Waals surface area contributed by atoms with Gasteiger partial charge in [-0.25, -0.2) is 4.79 Å². The number of carboxylic acid groups (broad SMARTS) is 1. The summed E-state index contributed by atoms with van der Waals surface area (Å²) in [4.78, 5) is 36.2. The number of ether oxygens (including phenoxy) is 1. The lowest BCUT2D eigenvalue weighted by molar-refractivity contribution is -0.146. The molecule has 1 aromatic carbocycles. The summed E-state index contributed by atoms with van der Waals surface area (Å²) < 4.78 is 4.06. The van der Waals surface area contributed by atoms with Crippen LogP contribution in [0.1, 0.15) is 25.5 Å². The zero-order valence-electron chi connectivity index (χ0n) is 15.1. The highest BCUT2D eigenvalue weighted by Gasteiger charge is 2.49. The quantitative estimate of drug-likeness (QED) is 0.416. The van der Waals surface area contributed by atoms with Crippen molar-refractivity contribution in [3.63, 3.8) is 0 Å². The van der Waals surface area contributed by atoms with E-state index >= 15 is 0 Å². The number of thioether (sulfide) groups is 1. The number of methoxy groups -OCH3 is 1. The predicted molar refractivity (Wildman–Crippen MR) is 99.0 cm³/mol. The maximum Gasteiger partial charge on any atom is 0.330 e. The molecule has 1 aliphatic rings. The summed E-state index contributed by atoms with van der Waals surface area (Å²) in [5.74, 6) is -2.36. The first-order chi connectivity index (χ1) is 12.6. The number of aliphatic carboxylic acids is 1. The molecule has 9 nitrogen and oxygen atoms in total. The maximum atomic E-state index is 12.5. The number of benzene rings is 1. The van der Waals surface area contributed by atoms with Crippen LogP contribution in [0.5, 0.6) is 5.75 Å². The largest absolute Gasteiger partial charge is 0.508 e. The molecule has 1 aromatic rings. The van der Waals surface area contributed by atoms with Crippen LogP contribution in [-0.2, 0) is 19.1 Å². The number of hydrogen-bond acceptors (Lipinski definition) is 8. The first kappa shape index (κ1) is 21.0. The summed E-state index contributed by atoms with van der Waals surface area (Å²) in [5, 5.41) is 23.4. The Balaban J connectivity index is 2.17. The van der Waals surface area contributed by atoms with E-state index in [1.807, 2.05) is 0 Å². The Kier molecular flexibility index (Phi) is 6.34. The average Bonchev–Trinajstić information content (AvgIpc) is 2.94. The summed E-state index contributed by atoms with van der Waals surface area (Å²) in [5.41, 5.74) is 6.39. The standard InChI is InChI=1S/C17H23N3O6S/c1-17(2)12(15(23)24)20-14(27-17)11(16(25)26-3)19-13(22)10(18)8-4-6-9(21)7-5-8/h4-7,10-12,14,20-21H,18H2,1-3H3,(H,19,22)(H,23,24)/t10-,11+,12+,14+/m1/s1. The van der Waals surface area contributed by atoms with Gasteiger partial charge in [0.1, 0.15) is 17.8 Å². The van der Waals surface area contributed by atoms with Gasteiger partial charge in [0.05, 0.1) is 12.5 Å². The minimum absolute atomic E-state index is 0.0345. The molecule has 148 valence electrons. The molecule has 0 saturated carbocycles. The smallest absolute Gasteiger partial charge is 0.330 e. The van der Waals surface area contributed by atoms with Crippen molar-refractivity contribution in [1.82, 2.24) is 10.6 Å². The summed E-state index contributed by atoms with van der Waals surface area (Å²) in [6.45, 7) is 3.48. The maximum absolute atomic E-state index is 12.5. The minimum atomic E-state index is -1.13. The second kappa shape index (κ2) is 8.15. The van der Waals surface area contributed by atoms with Gasteiger partial charge in [0, 0.05) is 4.75 Å². The molecule has 10 heteroatoms. The van der Waals surface area contributed by atoms with Crippen LogP contribution in [0, 0.1) is 0 Å². The first-order valence-corrected chi connectivity index (χ1v) is 9.04. The van der Waals surface area contributed by atoms with Gasteiger partial charge in [-0.2, -0.15) is 0 Å². The zero-order chi connectivity index (χ0) is 20.4. The van der Waals surface area contributed by atoms with Gasteiger partial charge in [-0.3, -0.25) is 14.9 Å². The second-order valence-corrected chi connectivity index (χ2v) is 8.45. The Morgan fingerprint density at radius 2 is 1.89 bits per heavy atom. The summed E-state index contributed by atoms with van der Waals surface area (Å²) in [6, 6.07) is 2.69. The Morgan fingerprint density at radius 3 is 2.37 bits per heavy atom. The molecular formula is C17H23N3O6S. The molecule has 1 amide bonds. The van der Waals surface area contributed by atoms with Crippen molar-refractivity contribution in [2.45, 2.75) is 42.1 Å². The molecule has 1 saturated heterocycles. The van der Waals surface area contributed by atoms with E-state index in [4.69, 9.17) is 10.5 Å².